The standard InChI is InChI=1S/C23H22Br2N2O5/c24-20-9-5-7(9)18(13(15(18)20)11(5)22(20)29-1-2-30-22)26-17(28)27-19-8-6-10(8)21(25)16(19)14(19)12(6)23(21)31-3-4-32-23/h5-16H,1-4H2,(H2,26,27,28)/t5-,6-,7+,8+,9-,10+,11-,12-,13+,14+,15-,16+,18+,19+,20-,21-/m0/s1. The molecule has 2 heterocycles. The highest BCUT2D eigenvalue weighted by Gasteiger charge is 3.11. The number of nitrogens with one attached hydrogen (secondary N) is 2. The summed E-state index contributed by atoms with van der Waals surface area (Å²) in [5.41, 5.74) is -0.0405. The Labute approximate surface area is 200 Å². The maximum atomic E-state index is 13.6. The van der Waals surface area contributed by atoms with Gasteiger partial charge in [-0.1, -0.05) is 31.9 Å². The van der Waals surface area contributed by atoms with Gasteiger partial charge in [-0.25, -0.2) is 4.79 Å². The van der Waals surface area contributed by atoms with Gasteiger partial charge in [0.05, 0.1) is 46.2 Å². The quantitative estimate of drug-likeness (QED) is 0.489. The van der Waals surface area contributed by atoms with Gasteiger partial charge >= 0.3 is 6.03 Å². The van der Waals surface area contributed by atoms with Crippen molar-refractivity contribution in [2.24, 2.45) is 71.0 Å². The summed E-state index contributed by atoms with van der Waals surface area (Å²) in [7, 11) is 0. The van der Waals surface area contributed by atoms with Gasteiger partial charge in [-0.3, -0.25) is 0 Å². The molecule has 0 radical (unpaired) electrons. The smallest absolute Gasteiger partial charge is 0.315 e. The van der Waals surface area contributed by atoms with Gasteiger partial charge in [-0.05, 0) is 47.3 Å². The Morgan fingerprint density at radius 3 is 1.34 bits per heavy atom. The van der Waals surface area contributed by atoms with E-state index in [1.807, 2.05) is 0 Å². The highest BCUT2D eigenvalue weighted by Crippen LogP contribution is 3.03. The maximum absolute atomic E-state index is 13.6. The number of alkyl halides is 2. The summed E-state index contributed by atoms with van der Waals surface area (Å²) in [4.78, 5) is 13.6. The number of rotatable bonds is 2. The van der Waals surface area contributed by atoms with E-state index in [1.165, 1.54) is 0 Å². The molecule has 0 aromatic rings. The van der Waals surface area contributed by atoms with Crippen LogP contribution < -0.4 is 10.6 Å². The van der Waals surface area contributed by atoms with Crippen LogP contribution in [0.4, 0.5) is 4.79 Å². The SMILES string of the molecule is O=C(N[C@]12[C@@H]3[C@@H]4[C@H]5[C@@H]1[C@H]2[C@@](Br)([C@H]43)C51OCCO1)N[C@]12[C@@H]3[C@@H]4[C@H]5[C@@H]1[C@@H]2[C@@](Br)([C@@H]43)C51OCCO1. The zero-order valence-corrected chi connectivity index (χ0v) is 20.2. The molecule has 12 aliphatic carbocycles. The van der Waals surface area contributed by atoms with Crippen molar-refractivity contribution in [2.75, 3.05) is 26.4 Å². The number of hydrogen-bond donors (Lipinski definition) is 2. The van der Waals surface area contributed by atoms with E-state index in [0.717, 1.165) is 0 Å². The number of urea groups is 1. The number of amides is 2. The molecule has 0 aromatic carbocycles. The molecule has 14 fully saturated rings. The van der Waals surface area contributed by atoms with Gasteiger partial charge in [0.25, 0.3) is 0 Å². The van der Waals surface area contributed by atoms with E-state index in [4.69, 9.17) is 18.9 Å². The Balaban J connectivity index is 0.875. The number of carbonyl (C=O) groups excluding carboxylic acids is 1. The third-order valence-electron chi connectivity index (χ3n) is 13.4. The first kappa shape index (κ1) is 16.7. The van der Waals surface area contributed by atoms with Crippen LogP contribution in [-0.2, 0) is 18.9 Å². The highest BCUT2D eigenvalue weighted by molar-refractivity contribution is 9.10. The lowest BCUT2D eigenvalue weighted by atomic mass is 9.96. The van der Waals surface area contributed by atoms with Crippen molar-refractivity contribution >= 4 is 37.9 Å². The molecule has 2 N–H and O–H groups in total. The van der Waals surface area contributed by atoms with E-state index in [1.54, 1.807) is 0 Å². The Morgan fingerprint density at radius 2 is 1.03 bits per heavy atom. The molecular weight excluding hydrogens is 544 g/mol. The fourth-order valence-corrected chi connectivity index (χ4v) is 17.2. The van der Waals surface area contributed by atoms with E-state index in [-0.39, 0.29) is 25.8 Å². The predicted molar refractivity (Wildman–Crippen MR) is 112 cm³/mol. The van der Waals surface area contributed by atoms with Gasteiger partial charge in [0.15, 0.2) is 11.6 Å². The Bertz CT molecular complexity index is 1070. The second-order valence-corrected chi connectivity index (χ2v) is 15.7. The summed E-state index contributed by atoms with van der Waals surface area (Å²) in [6, 6.07) is 0.0713. The third kappa shape index (κ3) is 1.02. The third-order valence-corrected chi connectivity index (χ3v) is 16.6. The van der Waals surface area contributed by atoms with Gasteiger partial charge in [0, 0.05) is 23.7 Å². The molecule has 4 bridgehead atoms. The number of ether oxygens (including phenoxy) is 4. The van der Waals surface area contributed by atoms with Crippen LogP contribution in [0.25, 0.3) is 0 Å². The topological polar surface area (TPSA) is 78.1 Å². The Kier molecular flexibility index (Phi) is 2.02. The molecule has 16 atom stereocenters. The molecule has 9 heteroatoms. The minimum Gasteiger partial charge on any atom is -0.346 e. The van der Waals surface area contributed by atoms with Gasteiger partial charge in [0.2, 0.25) is 0 Å². The lowest BCUT2D eigenvalue weighted by molar-refractivity contribution is -0.191. The molecule has 14 aliphatic rings. The molecule has 7 nitrogen and oxygen atoms in total. The minimum atomic E-state index is -0.417. The summed E-state index contributed by atoms with van der Waals surface area (Å²) in [5.74, 6) is 5.80. The number of carbonyl (C=O) groups is 1. The highest BCUT2D eigenvalue weighted by atomic mass is 79.9. The number of hydrogen-bond acceptors (Lipinski definition) is 5. The lowest BCUT2D eigenvalue weighted by Crippen LogP contribution is -2.56. The van der Waals surface area contributed by atoms with Crippen LogP contribution in [0.5, 0.6) is 0 Å². The molecule has 2 amide bonds. The zero-order chi connectivity index (χ0) is 20.6. The normalized spacial score (nSPS) is 77.8. The van der Waals surface area contributed by atoms with E-state index >= 15 is 0 Å². The van der Waals surface area contributed by atoms with E-state index in [9.17, 15) is 4.79 Å². The largest absolute Gasteiger partial charge is 0.346 e. The molecular formula is C23H22Br2N2O5. The van der Waals surface area contributed by atoms with Crippen molar-refractivity contribution in [2.45, 2.75) is 31.3 Å². The van der Waals surface area contributed by atoms with Gasteiger partial charge in [-0.15, -0.1) is 0 Å². The molecule has 168 valence electrons. The first-order valence-electron chi connectivity index (χ1n) is 12.5. The van der Waals surface area contributed by atoms with Crippen molar-refractivity contribution < 1.29 is 23.7 Å². The fourth-order valence-electron chi connectivity index (χ4n) is 13.7. The second-order valence-electron chi connectivity index (χ2n) is 13.0. The van der Waals surface area contributed by atoms with Gasteiger partial charge < -0.3 is 29.6 Å². The lowest BCUT2D eigenvalue weighted by Gasteiger charge is -2.38. The summed E-state index contributed by atoms with van der Waals surface area (Å²) in [6.07, 6.45) is 0. The zero-order valence-electron chi connectivity index (χ0n) is 17.1. The van der Waals surface area contributed by atoms with Gasteiger partial charge in [-0.2, -0.15) is 0 Å². The Hall–Kier alpha value is 0.0700. The van der Waals surface area contributed by atoms with Crippen LogP contribution in [0.1, 0.15) is 0 Å². The van der Waals surface area contributed by atoms with Crippen LogP contribution in [0.15, 0.2) is 0 Å². The van der Waals surface area contributed by atoms with Crippen molar-refractivity contribution in [3.05, 3.63) is 0 Å². The molecule has 14 rings (SSSR count). The van der Waals surface area contributed by atoms with Crippen molar-refractivity contribution in [1.29, 1.82) is 0 Å². The average Bonchev–Trinajstić information content (AvgIpc) is 3.65. The molecule has 12 saturated carbocycles. The predicted octanol–water partition coefficient (Wildman–Crippen LogP) is 1.05. The summed E-state index contributed by atoms with van der Waals surface area (Å²) < 4.78 is 24.9. The van der Waals surface area contributed by atoms with Crippen molar-refractivity contribution in [3.63, 3.8) is 0 Å². The van der Waals surface area contributed by atoms with E-state index < -0.39 is 11.6 Å². The van der Waals surface area contributed by atoms with Crippen LogP contribution in [-0.4, -0.2) is 63.8 Å². The molecule has 2 spiro atoms. The van der Waals surface area contributed by atoms with E-state index in [2.05, 4.69) is 42.5 Å². The number of halogens is 2. The Morgan fingerprint density at radius 1 is 0.625 bits per heavy atom. The molecule has 2 aliphatic heterocycles. The molecule has 2 saturated heterocycles. The van der Waals surface area contributed by atoms with Gasteiger partial charge in [0.1, 0.15) is 0 Å². The average molecular weight is 566 g/mol. The summed E-state index contributed by atoms with van der Waals surface area (Å²) >= 11 is 8.34. The summed E-state index contributed by atoms with van der Waals surface area (Å²) in [5, 5.41) is 7.19. The minimum absolute atomic E-state index is 0.0203. The first-order chi connectivity index (χ1) is 15.5. The van der Waals surface area contributed by atoms with Crippen LogP contribution in [0, 0.1) is 71.0 Å². The molecule has 0 aromatic heterocycles. The van der Waals surface area contributed by atoms with Crippen LogP contribution >= 0.6 is 31.9 Å². The fraction of sp³-hybridized carbons (Fsp3) is 0.957. The molecule has 0 unspecified atom stereocenters. The molecule has 32 heavy (non-hydrogen) atoms. The summed E-state index contributed by atoms with van der Waals surface area (Å²) in [6.45, 7) is 2.81. The van der Waals surface area contributed by atoms with E-state index in [0.29, 0.717) is 97.4 Å². The monoisotopic (exact) mass is 564 g/mol. The van der Waals surface area contributed by atoms with Crippen molar-refractivity contribution in [1.82, 2.24) is 10.6 Å². The van der Waals surface area contributed by atoms with Crippen LogP contribution in [0.2, 0.25) is 0 Å². The maximum Gasteiger partial charge on any atom is 0.315 e. The van der Waals surface area contributed by atoms with Crippen molar-refractivity contribution in [3.8, 4) is 0 Å². The second kappa shape index (κ2) is 3.88. The first-order valence-corrected chi connectivity index (χ1v) is 14.1. The van der Waals surface area contributed by atoms with Crippen LogP contribution in [0.3, 0.4) is 0 Å².